The molecule has 1 saturated heterocycles. The van der Waals surface area contributed by atoms with Crippen LogP contribution in [0.1, 0.15) is 52.4 Å². The molecule has 0 aliphatic carbocycles. The molecule has 1 fully saturated rings. The maximum absolute atomic E-state index is 5.51. The maximum atomic E-state index is 5.51. The average Bonchev–Trinajstić information content (AvgIpc) is 2.56. The van der Waals surface area contributed by atoms with E-state index in [2.05, 4.69) is 13.8 Å². The number of piperidine rings is 1. The van der Waals surface area contributed by atoms with E-state index in [0.29, 0.717) is 0 Å². The third-order valence-corrected chi connectivity index (χ3v) is 8.33. The smallest absolute Gasteiger partial charge is 0.377 e. The number of unbranched alkanes of at least 4 members (excludes halogenated alkanes) is 1. The van der Waals surface area contributed by atoms with Crippen LogP contribution in [0.4, 0.5) is 0 Å². The molecule has 0 radical (unpaired) electrons. The Bertz CT molecular complexity index is 270. The summed E-state index contributed by atoms with van der Waals surface area (Å²) in [5.74, 6) is 0. The Balaban J connectivity index is 2.47. The zero-order valence-corrected chi connectivity index (χ0v) is 15.8. The molecule has 1 unspecified atom stereocenters. The van der Waals surface area contributed by atoms with Gasteiger partial charge in [0.1, 0.15) is 0 Å². The van der Waals surface area contributed by atoms with Gasteiger partial charge in [-0.2, -0.15) is 0 Å². The van der Waals surface area contributed by atoms with Crippen molar-refractivity contribution in [2.45, 2.75) is 64.5 Å². The lowest BCUT2D eigenvalue weighted by Gasteiger charge is -2.46. The van der Waals surface area contributed by atoms with Crippen LogP contribution in [0.25, 0.3) is 0 Å². The number of hydrogen-bond donors (Lipinski definition) is 0. The van der Waals surface area contributed by atoms with Gasteiger partial charge in [-0.1, -0.05) is 6.92 Å². The van der Waals surface area contributed by atoms with Crippen LogP contribution < -0.4 is 0 Å². The van der Waals surface area contributed by atoms with E-state index < -0.39 is 8.80 Å². The first-order chi connectivity index (χ1) is 10.1. The molecule has 5 heteroatoms. The van der Waals surface area contributed by atoms with Crippen molar-refractivity contribution in [2.75, 3.05) is 41.0 Å². The number of likely N-dealkylation sites (tertiary alicyclic amines) is 1. The minimum atomic E-state index is -2.37. The monoisotopic (exact) mass is 318 g/mol. The lowest BCUT2D eigenvalue weighted by molar-refractivity contribution is -0.954. The number of rotatable bonds is 10. The van der Waals surface area contributed by atoms with Crippen LogP contribution >= 0.6 is 0 Å². The largest absolute Gasteiger partial charge is 0.500 e. The number of hydrogen-bond acceptors (Lipinski definition) is 3. The van der Waals surface area contributed by atoms with Gasteiger partial charge in [0.05, 0.1) is 25.7 Å². The van der Waals surface area contributed by atoms with Gasteiger partial charge in [0, 0.05) is 27.4 Å². The van der Waals surface area contributed by atoms with Crippen molar-refractivity contribution in [1.29, 1.82) is 0 Å². The van der Waals surface area contributed by atoms with Gasteiger partial charge in [-0.3, -0.25) is 0 Å². The van der Waals surface area contributed by atoms with E-state index in [9.17, 15) is 0 Å². The number of quaternary nitrogens is 1. The Morgan fingerprint density at radius 3 is 2.00 bits per heavy atom. The summed E-state index contributed by atoms with van der Waals surface area (Å²) in [5, 5.41) is 0. The molecule has 0 aromatic carbocycles. The van der Waals surface area contributed by atoms with E-state index in [0.717, 1.165) is 18.5 Å². The molecule has 0 spiro atoms. The third-order valence-electron chi connectivity index (χ3n) is 5.50. The summed E-state index contributed by atoms with van der Waals surface area (Å²) in [6.07, 6.45) is 7.89. The molecule has 1 aliphatic rings. The van der Waals surface area contributed by atoms with E-state index in [-0.39, 0.29) is 0 Å². The van der Waals surface area contributed by atoms with E-state index in [4.69, 9.17) is 13.3 Å². The second-order valence-corrected chi connectivity index (χ2v) is 9.55. The van der Waals surface area contributed by atoms with Crippen LogP contribution in [0, 0.1) is 0 Å². The second-order valence-electron chi connectivity index (χ2n) is 6.46. The quantitative estimate of drug-likeness (QED) is 0.351. The Morgan fingerprint density at radius 1 is 0.952 bits per heavy atom. The van der Waals surface area contributed by atoms with Crippen molar-refractivity contribution in [3.63, 3.8) is 0 Å². The first-order valence-electron chi connectivity index (χ1n) is 8.59. The van der Waals surface area contributed by atoms with Gasteiger partial charge < -0.3 is 17.8 Å². The van der Waals surface area contributed by atoms with Crippen molar-refractivity contribution in [1.82, 2.24) is 0 Å². The lowest BCUT2D eigenvalue weighted by Crippen LogP contribution is -2.57. The molecule has 21 heavy (non-hydrogen) atoms. The molecular formula is C16H36NO3Si+. The van der Waals surface area contributed by atoms with Crippen LogP contribution in [-0.2, 0) is 13.3 Å². The van der Waals surface area contributed by atoms with Crippen molar-refractivity contribution in [2.24, 2.45) is 0 Å². The van der Waals surface area contributed by atoms with Crippen LogP contribution in [0.2, 0.25) is 6.04 Å². The van der Waals surface area contributed by atoms with Crippen LogP contribution in [0.3, 0.4) is 0 Å². The molecule has 0 amide bonds. The average molecular weight is 319 g/mol. The molecule has 1 heterocycles. The zero-order valence-electron chi connectivity index (χ0n) is 14.8. The lowest BCUT2D eigenvalue weighted by atomic mass is 10.0. The molecule has 0 N–H and O–H groups in total. The van der Waals surface area contributed by atoms with Gasteiger partial charge in [-0.05, 0) is 45.4 Å². The second kappa shape index (κ2) is 9.25. The van der Waals surface area contributed by atoms with Crippen molar-refractivity contribution in [3.8, 4) is 0 Å². The molecule has 0 saturated carbocycles. The van der Waals surface area contributed by atoms with Gasteiger partial charge in [0.25, 0.3) is 0 Å². The minimum absolute atomic E-state index is 0.791. The highest BCUT2D eigenvalue weighted by Crippen LogP contribution is 2.26. The van der Waals surface area contributed by atoms with Crippen molar-refractivity contribution in [3.05, 3.63) is 0 Å². The summed E-state index contributed by atoms with van der Waals surface area (Å²) in [6.45, 7) is 8.81. The normalized spacial score (nSPS) is 20.4. The van der Waals surface area contributed by atoms with Gasteiger partial charge in [0.2, 0.25) is 0 Å². The molecule has 0 bridgehead atoms. The van der Waals surface area contributed by atoms with E-state index in [1.165, 1.54) is 56.2 Å². The summed E-state index contributed by atoms with van der Waals surface area (Å²) in [7, 11) is 2.75. The predicted octanol–water partition coefficient (Wildman–Crippen LogP) is 3.44. The number of nitrogens with zero attached hydrogens (tertiary/aromatic N) is 1. The maximum Gasteiger partial charge on any atom is 0.500 e. The molecular weight excluding hydrogens is 282 g/mol. The molecule has 0 aromatic heterocycles. The Kier molecular flexibility index (Phi) is 8.42. The molecule has 1 atom stereocenters. The minimum Gasteiger partial charge on any atom is -0.377 e. The summed E-state index contributed by atoms with van der Waals surface area (Å²) >= 11 is 0. The SMILES string of the molecule is CCC(C)[N+]1(CCCC[Si](OC)(OC)OC)CCCCC1. The Hall–Kier alpha value is 0.0569. The van der Waals surface area contributed by atoms with Gasteiger partial charge in [-0.15, -0.1) is 0 Å². The zero-order chi connectivity index (χ0) is 15.8. The van der Waals surface area contributed by atoms with E-state index >= 15 is 0 Å². The predicted molar refractivity (Wildman–Crippen MR) is 89.3 cm³/mol. The van der Waals surface area contributed by atoms with Crippen LogP contribution in [-0.4, -0.2) is 60.3 Å². The summed E-state index contributed by atoms with van der Waals surface area (Å²) in [4.78, 5) is 0. The summed E-state index contributed by atoms with van der Waals surface area (Å²) < 4.78 is 17.9. The van der Waals surface area contributed by atoms with Crippen LogP contribution in [0.5, 0.6) is 0 Å². The standard InChI is InChI=1S/C16H36NO3Si/c1-6-16(2)17(12-8-7-9-13-17)14-10-11-15-21(18-3,19-4)20-5/h16H,6-15H2,1-5H3/q+1. The molecule has 0 aromatic rings. The van der Waals surface area contributed by atoms with Crippen LogP contribution in [0.15, 0.2) is 0 Å². The van der Waals surface area contributed by atoms with E-state index in [1.54, 1.807) is 21.3 Å². The fraction of sp³-hybridized carbons (Fsp3) is 1.00. The summed E-state index contributed by atoms with van der Waals surface area (Å²) in [6, 6.07) is 1.72. The highest BCUT2D eigenvalue weighted by atomic mass is 28.4. The highest BCUT2D eigenvalue weighted by molar-refractivity contribution is 6.60. The fourth-order valence-electron chi connectivity index (χ4n) is 3.74. The van der Waals surface area contributed by atoms with Gasteiger partial charge in [0.15, 0.2) is 0 Å². The first-order valence-corrected chi connectivity index (χ1v) is 10.5. The molecule has 4 nitrogen and oxygen atoms in total. The molecule has 1 aliphatic heterocycles. The Morgan fingerprint density at radius 2 is 1.52 bits per heavy atom. The van der Waals surface area contributed by atoms with Crippen molar-refractivity contribution >= 4 is 8.80 Å². The Labute approximate surface area is 132 Å². The fourth-order valence-corrected chi connectivity index (χ4v) is 5.53. The van der Waals surface area contributed by atoms with Gasteiger partial charge >= 0.3 is 8.80 Å². The van der Waals surface area contributed by atoms with Gasteiger partial charge in [-0.25, -0.2) is 0 Å². The van der Waals surface area contributed by atoms with E-state index in [1.807, 2.05) is 0 Å². The summed E-state index contributed by atoms with van der Waals surface area (Å²) in [5.41, 5.74) is 0. The molecule has 126 valence electrons. The topological polar surface area (TPSA) is 27.7 Å². The molecule has 1 rings (SSSR count). The first kappa shape index (κ1) is 19.1. The third kappa shape index (κ3) is 5.03. The van der Waals surface area contributed by atoms with Crippen molar-refractivity contribution < 1.29 is 17.8 Å². The highest BCUT2D eigenvalue weighted by Gasteiger charge is 2.38.